The highest BCUT2D eigenvalue weighted by Gasteiger charge is 2.20. The second kappa shape index (κ2) is 3.61. The quantitative estimate of drug-likeness (QED) is 0.785. The predicted octanol–water partition coefficient (Wildman–Crippen LogP) is 2.99. The molecule has 78 valence electrons. The molecule has 0 aliphatic heterocycles. The number of benzene rings is 1. The lowest BCUT2D eigenvalue weighted by Gasteiger charge is -2.18. The SMILES string of the molecule is CC(C)(O)c1ccc(C(F)F)c(F)c1. The summed E-state index contributed by atoms with van der Waals surface area (Å²) in [6, 6.07) is 3.22. The summed E-state index contributed by atoms with van der Waals surface area (Å²) < 4.78 is 37.3. The van der Waals surface area contributed by atoms with Crippen LogP contribution in [0.15, 0.2) is 18.2 Å². The third kappa shape index (κ3) is 2.26. The van der Waals surface area contributed by atoms with E-state index >= 15 is 0 Å². The molecule has 0 spiro atoms. The van der Waals surface area contributed by atoms with Crippen LogP contribution in [-0.2, 0) is 5.60 Å². The van der Waals surface area contributed by atoms with E-state index in [0.717, 1.165) is 12.1 Å². The molecule has 0 saturated carbocycles. The highest BCUT2D eigenvalue weighted by atomic mass is 19.3. The molecule has 1 N–H and O–H groups in total. The molecule has 0 bridgehead atoms. The van der Waals surface area contributed by atoms with E-state index in [2.05, 4.69) is 0 Å². The second-order valence-electron chi connectivity index (χ2n) is 3.60. The van der Waals surface area contributed by atoms with E-state index in [1.54, 1.807) is 0 Å². The predicted molar refractivity (Wildman–Crippen MR) is 46.6 cm³/mol. The average molecular weight is 204 g/mol. The minimum absolute atomic E-state index is 0.277. The van der Waals surface area contributed by atoms with Crippen LogP contribution >= 0.6 is 0 Å². The fourth-order valence-electron chi connectivity index (χ4n) is 1.08. The van der Waals surface area contributed by atoms with E-state index in [9.17, 15) is 18.3 Å². The summed E-state index contributed by atoms with van der Waals surface area (Å²) in [6.45, 7) is 2.92. The topological polar surface area (TPSA) is 20.2 Å². The summed E-state index contributed by atoms with van der Waals surface area (Å²) in [5.41, 5.74) is -1.58. The van der Waals surface area contributed by atoms with Crippen molar-refractivity contribution in [1.29, 1.82) is 0 Å². The van der Waals surface area contributed by atoms with Crippen molar-refractivity contribution in [3.8, 4) is 0 Å². The van der Waals surface area contributed by atoms with E-state index in [1.807, 2.05) is 0 Å². The summed E-state index contributed by atoms with van der Waals surface area (Å²) in [4.78, 5) is 0. The summed E-state index contributed by atoms with van der Waals surface area (Å²) >= 11 is 0. The molecule has 1 aromatic carbocycles. The number of rotatable bonds is 2. The van der Waals surface area contributed by atoms with Crippen LogP contribution in [0.1, 0.15) is 31.4 Å². The van der Waals surface area contributed by atoms with Gasteiger partial charge in [-0.3, -0.25) is 0 Å². The molecule has 0 aliphatic carbocycles. The van der Waals surface area contributed by atoms with Gasteiger partial charge < -0.3 is 5.11 Å². The van der Waals surface area contributed by atoms with Gasteiger partial charge in [0.1, 0.15) is 5.82 Å². The molecule has 1 nitrogen and oxygen atoms in total. The van der Waals surface area contributed by atoms with Gasteiger partial charge in [-0.1, -0.05) is 12.1 Å². The Kier molecular flexibility index (Phi) is 2.85. The summed E-state index contributed by atoms with van der Waals surface area (Å²) in [6.07, 6.45) is -2.83. The van der Waals surface area contributed by atoms with Gasteiger partial charge in [0.05, 0.1) is 11.2 Å². The maximum Gasteiger partial charge on any atom is 0.266 e. The monoisotopic (exact) mass is 204 g/mol. The van der Waals surface area contributed by atoms with Crippen LogP contribution in [0, 0.1) is 5.82 Å². The van der Waals surface area contributed by atoms with Crippen LogP contribution in [0.5, 0.6) is 0 Å². The van der Waals surface area contributed by atoms with Crippen LogP contribution in [0.25, 0.3) is 0 Å². The van der Waals surface area contributed by atoms with Gasteiger partial charge >= 0.3 is 0 Å². The first-order valence-electron chi connectivity index (χ1n) is 4.13. The Morgan fingerprint density at radius 1 is 1.29 bits per heavy atom. The Labute approximate surface area is 80.2 Å². The van der Waals surface area contributed by atoms with Crippen LogP contribution in [0.4, 0.5) is 13.2 Å². The molecule has 0 fully saturated rings. The van der Waals surface area contributed by atoms with Crippen LogP contribution in [-0.4, -0.2) is 5.11 Å². The minimum Gasteiger partial charge on any atom is -0.386 e. The Morgan fingerprint density at radius 3 is 2.21 bits per heavy atom. The molecule has 4 heteroatoms. The number of halogens is 3. The molecular weight excluding hydrogens is 193 g/mol. The van der Waals surface area contributed by atoms with Crippen molar-refractivity contribution in [1.82, 2.24) is 0 Å². The Morgan fingerprint density at radius 2 is 1.86 bits per heavy atom. The lowest BCUT2D eigenvalue weighted by molar-refractivity contribution is 0.0778. The Balaban J connectivity index is 3.13. The van der Waals surface area contributed by atoms with Crippen molar-refractivity contribution in [3.05, 3.63) is 35.1 Å². The number of alkyl halides is 2. The molecule has 1 aromatic rings. The minimum atomic E-state index is -2.83. The molecular formula is C10H11F3O. The van der Waals surface area contributed by atoms with E-state index in [-0.39, 0.29) is 5.56 Å². The molecule has 0 radical (unpaired) electrons. The van der Waals surface area contributed by atoms with Gasteiger partial charge in [-0.05, 0) is 25.5 Å². The molecule has 1 rings (SSSR count). The third-order valence-electron chi connectivity index (χ3n) is 1.94. The van der Waals surface area contributed by atoms with Crippen LogP contribution in [0.3, 0.4) is 0 Å². The van der Waals surface area contributed by atoms with Gasteiger partial charge in [0.25, 0.3) is 6.43 Å². The first kappa shape index (κ1) is 11.0. The molecule has 0 aromatic heterocycles. The molecule has 0 heterocycles. The fraction of sp³-hybridized carbons (Fsp3) is 0.400. The first-order valence-corrected chi connectivity index (χ1v) is 4.13. The Bertz CT molecular complexity index is 329. The van der Waals surface area contributed by atoms with Gasteiger partial charge in [0.2, 0.25) is 0 Å². The largest absolute Gasteiger partial charge is 0.386 e. The van der Waals surface area contributed by atoms with Crippen LogP contribution in [0.2, 0.25) is 0 Å². The summed E-state index contributed by atoms with van der Waals surface area (Å²) in [7, 11) is 0. The zero-order valence-electron chi connectivity index (χ0n) is 7.89. The third-order valence-corrected chi connectivity index (χ3v) is 1.94. The Hall–Kier alpha value is -1.03. The van der Waals surface area contributed by atoms with E-state index in [1.165, 1.54) is 19.9 Å². The van der Waals surface area contributed by atoms with Crippen molar-refractivity contribution in [3.63, 3.8) is 0 Å². The van der Waals surface area contributed by atoms with Gasteiger partial charge in [0, 0.05) is 0 Å². The second-order valence-corrected chi connectivity index (χ2v) is 3.60. The molecule has 0 saturated heterocycles. The van der Waals surface area contributed by atoms with Gasteiger partial charge in [0.15, 0.2) is 0 Å². The molecule has 0 unspecified atom stereocenters. The number of aliphatic hydroxyl groups is 1. The van der Waals surface area contributed by atoms with E-state index in [0.29, 0.717) is 0 Å². The smallest absolute Gasteiger partial charge is 0.266 e. The average Bonchev–Trinajstić information content (AvgIpc) is 2.01. The maximum absolute atomic E-state index is 13.0. The van der Waals surface area contributed by atoms with Gasteiger partial charge in [-0.15, -0.1) is 0 Å². The molecule has 0 aliphatic rings. The highest BCUT2D eigenvalue weighted by molar-refractivity contribution is 5.28. The van der Waals surface area contributed by atoms with E-state index in [4.69, 9.17) is 0 Å². The van der Waals surface area contributed by atoms with E-state index < -0.39 is 23.4 Å². The lowest BCUT2D eigenvalue weighted by atomic mass is 9.97. The standard InChI is InChI=1S/C10H11F3O/c1-10(2,14)6-3-4-7(9(12)13)8(11)5-6/h3-5,9,14H,1-2H3. The summed E-state index contributed by atoms with van der Waals surface area (Å²) in [5.74, 6) is -0.986. The lowest BCUT2D eigenvalue weighted by Crippen LogP contribution is -2.15. The van der Waals surface area contributed by atoms with Crippen molar-refractivity contribution >= 4 is 0 Å². The molecule has 14 heavy (non-hydrogen) atoms. The summed E-state index contributed by atoms with van der Waals surface area (Å²) in [5, 5.41) is 9.49. The first-order chi connectivity index (χ1) is 6.32. The van der Waals surface area contributed by atoms with Crippen molar-refractivity contribution in [2.24, 2.45) is 0 Å². The van der Waals surface area contributed by atoms with Crippen LogP contribution < -0.4 is 0 Å². The van der Waals surface area contributed by atoms with Crippen molar-refractivity contribution in [2.45, 2.75) is 25.9 Å². The van der Waals surface area contributed by atoms with Gasteiger partial charge in [-0.25, -0.2) is 13.2 Å². The highest BCUT2D eigenvalue weighted by Crippen LogP contribution is 2.26. The molecule has 0 atom stereocenters. The number of hydrogen-bond donors (Lipinski definition) is 1. The maximum atomic E-state index is 13.0. The zero-order valence-corrected chi connectivity index (χ0v) is 7.89. The number of hydrogen-bond acceptors (Lipinski definition) is 1. The van der Waals surface area contributed by atoms with Crippen molar-refractivity contribution in [2.75, 3.05) is 0 Å². The zero-order chi connectivity index (χ0) is 10.9. The van der Waals surface area contributed by atoms with Gasteiger partial charge in [-0.2, -0.15) is 0 Å². The molecule has 0 amide bonds. The fourth-order valence-corrected chi connectivity index (χ4v) is 1.08. The van der Waals surface area contributed by atoms with Crippen molar-refractivity contribution < 1.29 is 18.3 Å². The normalized spacial score (nSPS) is 12.2.